The third-order valence-electron chi connectivity index (χ3n) is 4.72. The largest absolute Gasteiger partial charge is 0.480 e. The van der Waals surface area contributed by atoms with E-state index in [1.165, 1.54) is 11.8 Å². The zero-order chi connectivity index (χ0) is 26.7. The fraction of sp³-hybridized carbons (Fsp3) is 0.360. The maximum absolute atomic E-state index is 13.0. The van der Waals surface area contributed by atoms with Crippen molar-refractivity contribution < 1.29 is 29.0 Å². The first-order valence-electron chi connectivity index (χ1n) is 11.2. The zero-order valence-electron chi connectivity index (χ0n) is 20.7. The molecule has 2 rings (SSSR count). The number of aliphatic carboxylic acids is 1. The molecule has 0 aliphatic heterocycles. The van der Waals surface area contributed by atoms with Gasteiger partial charge in [0, 0.05) is 11.3 Å². The predicted octanol–water partition coefficient (Wildman–Crippen LogP) is 3.26. The monoisotopic (exact) mass is 516 g/mol. The summed E-state index contributed by atoms with van der Waals surface area (Å²) >= 11 is 1.50. The fourth-order valence-corrected chi connectivity index (χ4v) is 3.56. The van der Waals surface area contributed by atoms with Gasteiger partial charge in [-0.05, 0) is 68.5 Å². The van der Waals surface area contributed by atoms with Crippen LogP contribution >= 0.6 is 11.8 Å². The number of carbonyl (C=O) groups excluding carboxylic acids is 3. The highest BCUT2D eigenvalue weighted by Gasteiger charge is 2.22. The quantitative estimate of drug-likeness (QED) is 0.303. The van der Waals surface area contributed by atoms with E-state index in [1.54, 1.807) is 39.0 Å². The van der Waals surface area contributed by atoms with Gasteiger partial charge in [0.2, 0.25) is 0 Å². The normalized spacial score (nSPS) is 11.7. The van der Waals surface area contributed by atoms with Crippen molar-refractivity contribution in [3.05, 3.63) is 54.1 Å². The van der Waals surface area contributed by atoms with Gasteiger partial charge in [-0.15, -0.1) is 0 Å². The minimum Gasteiger partial charge on any atom is -0.480 e. The zero-order valence-corrected chi connectivity index (χ0v) is 21.5. The molecule has 0 fully saturated rings. The Morgan fingerprint density at radius 3 is 2.33 bits per heavy atom. The Morgan fingerprint density at radius 1 is 1.03 bits per heavy atom. The first kappa shape index (κ1) is 28.5. The molecule has 0 saturated carbocycles. The van der Waals surface area contributed by atoms with Crippen molar-refractivity contribution in [3.8, 4) is 11.1 Å². The van der Waals surface area contributed by atoms with Crippen molar-refractivity contribution in [2.24, 2.45) is 0 Å². The number of hydrogen-bond donors (Lipinski definition) is 5. The maximum atomic E-state index is 13.0. The van der Waals surface area contributed by atoms with Crippen LogP contribution in [0, 0.1) is 0 Å². The number of carboxylic acid groups (broad SMARTS) is 1. The lowest BCUT2D eigenvalue weighted by Gasteiger charge is -2.20. The topological polar surface area (TPSA) is 146 Å². The Bertz CT molecular complexity index is 1070. The number of hydrazine groups is 1. The van der Waals surface area contributed by atoms with Crippen molar-refractivity contribution >= 4 is 41.3 Å². The van der Waals surface area contributed by atoms with Crippen LogP contribution in [0.1, 0.15) is 37.6 Å². The molecule has 194 valence electrons. The first-order valence-corrected chi connectivity index (χ1v) is 12.6. The van der Waals surface area contributed by atoms with E-state index in [2.05, 4.69) is 21.5 Å². The van der Waals surface area contributed by atoms with Crippen LogP contribution in [0.3, 0.4) is 0 Å². The van der Waals surface area contributed by atoms with Crippen molar-refractivity contribution in [3.63, 3.8) is 0 Å². The Balaban J connectivity index is 2.14. The highest BCUT2D eigenvalue weighted by atomic mass is 32.2. The van der Waals surface area contributed by atoms with Gasteiger partial charge in [0.1, 0.15) is 11.6 Å². The SMILES string of the molecule is CSCC[C@H](NC(=O)c1ccc(NCC(=O)NNC(=O)OC(C)(C)C)cc1-c1ccccc1)C(=O)O. The van der Waals surface area contributed by atoms with Gasteiger partial charge in [0.05, 0.1) is 6.54 Å². The van der Waals surface area contributed by atoms with Gasteiger partial charge in [0.25, 0.3) is 11.8 Å². The molecule has 0 aliphatic rings. The van der Waals surface area contributed by atoms with E-state index in [4.69, 9.17) is 4.74 Å². The number of benzene rings is 2. The van der Waals surface area contributed by atoms with Crippen LogP contribution in [0.4, 0.5) is 10.5 Å². The summed E-state index contributed by atoms with van der Waals surface area (Å²) in [4.78, 5) is 48.4. The molecule has 10 nitrogen and oxygen atoms in total. The second-order valence-electron chi connectivity index (χ2n) is 8.80. The van der Waals surface area contributed by atoms with E-state index in [0.717, 1.165) is 5.56 Å². The van der Waals surface area contributed by atoms with Crippen LogP contribution in [0.2, 0.25) is 0 Å². The number of rotatable bonds is 10. The number of thioether (sulfide) groups is 1. The highest BCUT2D eigenvalue weighted by Crippen LogP contribution is 2.27. The molecule has 11 heteroatoms. The smallest absolute Gasteiger partial charge is 0.426 e. The molecule has 36 heavy (non-hydrogen) atoms. The van der Waals surface area contributed by atoms with Gasteiger partial charge in [-0.25, -0.2) is 15.0 Å². The first-order chi connectivity index (χ1) is 17.0. The van der Waals surface area contributed by atoms with E-state index in [9.17, 15) is 24.3 Å². The summed E-state index contributed by atoms with van der Waals surface area (Å²) in [5.41, 5.74) is 5.90. The van der Waals surface area contributed by atoms with E-state index >= 15 is 0 Å². The Labute approximate surface area is 214 Å². The van der Waals surface area contributed by atoms with Gasteiger partial charge in [-0.1, -0.05) is 30.3 Å². The van der Waals surface area contributed by atoms with Crippen LogP contribution in [0.15, 0.2) is 48.5 Å². The van der Waals surface area contributed by atoms with Crippen LogP contribution in [-0.4, -0.2) is 59.2 Å². The molecular weight excluding hydrogens is 484 g/mol. The van der Waals surface area contributed by atoms with E-state index in [-0.39, 0.29) is 6.54 Å². The summed E-state index contributed by atoms with van der Waals surface area (Å²) in [5, 5.41) is 15.0. The third kappa shape index (κ3) is 9.49. The standard InChI is InChI=1S/C25H32N4O6S/c1-25(2,3)35-24(34)29-28-21(30)15-26-17-10-11-18(19(14-17)16-8-6-5-7-9-16)22(31)27-20(23(32)33)12-13-36-4/h5-11,14,20,26H,12-13,15H2,1-4H3,(H,27,31)(H,28,30)(H,29,34)(H,32,33)/t20-/m0/s1. The van der Waals surface area contributed by atoms with Gasteiger partial charge in [0.15, 0.2) is 0 Å². The summed E-state index contributed by atoms with van der Waals surface area (Å²) in [6.45, 7) is 4.95. The second kappa shape index (κ2) is 13.4. The Hall–Kier alpha value is -3.73. The molecule has 0 aromatic heterocycles. The second-order valence-corrected chi connectivity index (χ2v) is 9.79. The molecule has 0 radical (unpaired) electrons. The van der Waals surface area contributed by atoms with E-state index < -0.39 is 35.5 Å². The molecular formula is C25H32N4O6S. The molecule has 2 aromatic rings. The van der Waals surface area contributed by atoms with Gasteiger partial charge in [-0.2, -0.15) is 11.8 Å². The van der Waals surface area contributed by atoms with Crippen molar-refractivity contribution in [2.75, 3.05) is 23.9 Å². The highest BCUT2D eigenvalue weighted by molar-refractivity contribution is 7.98. The number of anilines is 1. The summed E-state index contributed by atoms with van der Waals surface area (Å²) < 4.78 is 5.05. The Morgan fingerprint density at radius 2 is 1.72 bits per heavy atom. The predicted molar refractivity (Wildman–Crippen MR) is 140 cm³/mol. The molecule has 0 aliphatic carbocycles. The van der Waals surface area contributed by atoms with Crippen LogP contribution in [-0.2, 0) is 14.3 Å². The Kier molecular flexibility index (Phi) is 10.6. The molecule has 5 N–H and O–H groups in total. The number of amides is 3. The molecule has 1 atom stereocenters. The lowest BCUT2D eigenvalue weighted by molar-refractivity contribution is -0.139. The molecule has 0 saturated heterocycles. The number of hydrogen-bond acceptors (Lipinski definition) is 7. The van der Waals surface area contributed by atoms with Crippen molar-refractivity contribution in [1.29, 1.82) is 0 Å². The van der Waals surface area contributed by atoms with Crippen LogP contribution in [0.5, 0.6) is 0 Å². The van der Waals surface area contributed by atoms with Crippen LogP contribution in [0.25, 0.3) is 11.1 Å². The minimum absolute atomic E-state index is 0.161. The van der Waals surface area contributed by atoms with Gasteiger partial charge < -0.3 is 20.5 Å². The minimum atomic E-state index is -1.09. The maximum Gasteiger partial charge on any atom is 0.426 e. The molecule has 3 amide bonds. The number of ether oxygens (including phenoxy) is 1. The van der Waals surface area contributed by atoms with E-state index in [1.807, 2.05) is 36.6 Å². The third-order valence-corrected chi connectivity index (χ3v) is 5.36. The average molecular weight is 517 g/mol. The number of nitrogens with one attached hydrogen (secondary N) is 4. The number of carboxylic acids is 1. The summed E-state index contributed by atoms with van der Waals surface area (Å²) in [7, 11) is 0. The van der Waals surface area contributed by atoms with Gasteiger partial charge >= 0.3 is 12.1 Å². The molecule has 2 aromatic carbocycles. The lowest BCUT2D eigenvalue weighted by Crippen LogP contribution is -2.46. The van der Waals surface area contributed by atoms with Crippen LogP contribution < -0.4 is 21.5 Å². The molecule has 0 spiro atoms. The van der Waals surface area contributed by atoms with E-state index in [0.29, 0.717) is 29.0 Å². The van der Waals surface area contributed by atoms with Crippen molar-refractivity contribution in [1.82, 2.24) is 16.2 Å². The van der Waals surface area contributed by atoms with Gasteiger partial charge in [-0.3, -0.25) is 15.0 Å². The summed E-state index contributed by atoms with van der Waals surface area (Å²) in [5.74, 6) is -1.52. The molecule has 0 bridgehead atoms. The average Bonchev–Trinajstić information content (AvgIpc) is 2.83. The van der Waals surface area contributed by atoms with Crippen molar-refractivity contribution in [2.45, 2.75) is 38.8 Å². The summed E-state index contributed by atoms with van der Waals surface area (Å²) in [6, 6.07) is 13.0. The molecule has 0 heterocycles. The summed E-state index contributed by atoms with van der Waals surface area (Å²) in [6.07, 6.45) is 1.39. The fourth-order valence-electron chi connectivity index (χ4n) is 3.09. The lowest BCUT2D eigenvalue weighted by atomic mass is 9.98. The molecule has 0 unspecified atom stereocenters. The number of carbonyl (C=O) groups is 4.